The second-order valence-corrected chi connectivity index (χ2v) is 18.4. The highest BCUT2D eigenvalue weighted by molar-refractivity contribution is 7.02. The van der Waals surface area contributed by atoms with Crippen molar-refractivity contribution in [3.05, 3.63) is 187 Å². The maximum Gasteiger partial charge on any atom is 0.256 e. The maximum absolute atomic E-state index is 6.96. The Bertz CT molecular complexity index is 3050. The third-order valence-corrected chi connectivity index (χ3v) is 13.6. The van der Waals surface area contributed by atoms with Crippen LogP contribution in [0.2, 0.25) is 0 Å². The van der Waals surface area contributed by atoms with Crippen LogP contribution in [0.25, 0.3) is 0 Å². The van der Waals surface area contributed by atoms with Crippen LogP contribution in [0.4, 0.5) is 51.2 Å². The largest absolute Gasteiger partial charge is 0.458 e. The summed E-state index contributed by atoms with van der Waals surface area (Å²) in [5.74, 6) is 1.87. The highest BCUT2D eigenvalue weighted by Gasteiger charge is 2.48. The monoisotopic (exact) mass is 799 g/mol. The van der Waals surface area contributed by atoms with Gasteiger partial charge in [0.1, 0.15) is 11.5 Å². The van der Waals surface area contributed by atoms with Crippen LogP contribution in [0.3, 0.4) is 0 Å². The molecule has 0 atom stereocenters. The zero-order valence-corrected chi connectivity index (χ0v) is 35.8. The van der Waals surface area contributed by atoms with Crippen LogP contribution in [-0.2, 0) is 11.8 Å². The van der Waals surface area contributed by atoms with Gasteiger partial charge in [-0.25, -0.2) is 0 Å². The third kappa shape index (κ3) is 5.55. The molecule has 0 amide bonds. The van der Waals surface area contributed by atoms with E-state index in [4.69, 9.17) is 4.74 Å². The predicted octanol–water partition coefficient (Wildman–Crippen LogP) is 10.8. The van der Waals surface area contributed by atoms with Gasteiger partial charge in [0, 0.05) is 51.2 Å². The minimum Gasteiger partial charge on any atom is -0.458 e. The smallest absolute Gasteiger partial charge is 0.256 e. The number of benzene rings is 8. The molecule has 0 aromatic heterocycles. The number of rotatable bonds is 6. The number of fused-ring (bicyclic) bond motifs is 8. The fourth-order valence-electron chi connectivity index (χ4n) is 10.7. The van der Waals surface area contributed by atoms with E-state index >= 15 is 0 Å². The number of para-hydroxylation sites is 5. The first-order valence-corrected chi connectivity index (χ1v) is 22.3. The number of nitrogens with zero attached hydrogens (tertiary/aromatic N) is 3. The zero-order valence-electron chi connectivity index (χ0n) is 35.8. The first-order chi connectivity index (χ1) is 30.4. The average Bonchev–Trinajstić information content (AvgIpc) is 3.30. The van der Waals surface area contributed by atoms with Crippen LogP contribution in [-0.4, -0.2) is 13.4 Å². The Balaban J connectivity index is 1.21. The summed E-state index contributed by atoms with van der Waals surface area (Å²) in [7, 11) is 0. The highest BCUT2D eigenvalue weighted by Crippen LogP contribution is 2.48. The normalized spacial score (nSPS) is 14.0. The highest BCUT2D eigenvalue weighted by atomic mass is 16.5. The van der Waals surface area contributed by atoms with Crippen LogP contribution in [0.15, 0.2) is 176 Å². The average molecular weight is 800 g/mol. The van der Waals surface area contributed by atoms with Crippen molar-refractivity contribution in [2.24, 2.45) is 0 Å². The van der Waals surface area contributed by atoms with Crippen molar-refractivity contribution in [2.75, 3.05) is 14.7 Å². The number of aryl methyl sites for hydroxylation is 1. The molecule has 6 heteroatoms. The second-order valence-electron chi connectivity index (χ2n) is 18.4. The Morgan fingerprint density at radius 1 is 0.435 bits per heavy atom. The van der Waals surface area contributed by atoms with Crippen molar-refractivity contribution >= 4 is 97.4 Å². The van der Waals surface area contributed by atoms with Crippen LogP contribution >= 0.6 is 0 Å². The first-order valence-electron chi connectivity index (χ1n) is 22.3. The SMILES string of the molecule is CCCCc1cc2c3c(c1)N(c1ccccc1)c1cc4c(cc1B3c1ccccc1N2c1ccccc1)B1c2ccccc2Oc2cc(C(C)(C)C)cc(c21)N4c1ccccc1. The van der Waals surface area contributed by atoms with Crippen LogP contribution < -0.4 is 52.2 Å². The van der Waals surface area contributed by atoms with E-state index < -0.39 is 0 Å². The van der Waals surface area contributed by atoms with E-state index in [0.717, 1.165) is 42.1 Å². The van der Waals surface area contributed by atoms with Crippen molar-refractivity contribution < 1.29 is 4.74 Å². The molecule has 62 heavy (non-hydrogen) atoms. The Hall–Kier alpha value is -6.91. The first kappa shape index (κ1) is 36.9. The molecule has 298 valence electrons. The topological polar surface area (TPSA) is 19.0 Å². The Morgan fingerprint density at radius 3 is 1.52 bits per heavy atom. The van der Waals surface area contributed by atoms with Crippen molar-refractivity contribution in [1.82, 2.24) is 0 Å². The Morgan fingerprint density at radius 2 is 0.935 bits per heavy atom. The van der Waals surface area contributed by atoms with Crippen LogP contribution in [0.1, 0.15) is 51.7 Å². The molecule has 0 saturated heterocycles. The lowest BCUT2D eigenvalue weighted by atomic mass is 9.30. The lowest BCUT2D eigenvalue weighted by Gasteiger charge is -2.46. The molecule has 0 aliphatic carbocycles. The Kier molecular flexibility index (Phi) is 8.37. The summed E-state index contributed by atoms with van der Waals surface area (Å²) in [5.41, 5.74) is 21.0. The van der Waals surface area contributed by atoms with Gasteiger partial charge in [0.25, 0.3) is 13.4 Å². The van der Waals surface area contributed by atoms with Gasteiger partial charge >= 0.3 is 0 Å². The van der Waals surface area contributed by atoms with Gasteiger partial charge < -0.3 is 19.4 Å². The molecule has 4 aliphatic rings. The van der Waals surface area contributed by atoms with Gasteiger partial charge in [-0.3, -0.25) is 0 Å². The number of hydrogen-bond donors (Lipinski definition) is 0. The molecule has 0 radical (unpaired) electrons. The van der Waals surface area contributed by atoms with Crippen molar-refractivity contribution in [3.63, 3.8) is 0 Å². The van der Waals surface area contributed by atoms with E-state index in [9.17, 15) is 0 Å². The molecular weight excluding hydrogens is 752 g/mol. The molecule has 4 heterocycles. The molecule has 0 N–H and O–H groups in total. The van der Waals surface area contributed by atoms with Gasteiger partial charge in [0.05, 0.1) is 0 Å². The molecule has 0 bridgehead atoms. The van der Waals surface area contributed by atoms with Crippen molar-refractivity contribution in [2.45, 2.75) is 52.4 Å². The number of ether oxygens (including phenoxy) is 1. The summed E-state index contributed by atoms with van der Waals surface area (Å²) in [6.07, 6.45) is 3.30. The quantitative estimate of drug-likeness (QED) is 0.156. The molecular formula is C56H47B2N3O. The fourth-order valence-corrected chi connectivity index (χ4v) is 10.7. The zero-order chi connectivity index (χ0) is 41.7. The number of hydrogen-bond acceptors (Lipinski definition) is 4. The van der Waals surface area contributed by atoms with Gasteiger partial charge in [0.2, 0.25) is 0 Å². The summed E-state index contributed by atoms with van der Waals surface area (Å²) in [6, 6.07) is 65.6. The predicted molar refractivity (Wildman–Crippen MR) is 264 cm³/mol. The van der Waals surface area contributed by atoms with Gasteiger partial charge in [0.15, 0.2) is 0 Å². The lowest BCUT2D eigenvalue weighted by molar-refractivity contribution is 0.483. The van der Waals surface area contributed by atoms with E-state index in [1.54, 1.807) is 0 Å². The van der Waals surface area contributed by atoms with Crippen LogP contribution in [0, 0.1) is 0 Å². The molecule has 0 unspecified atom stereocenters. The van der Waals surface area contributed by atoms with Gasteiger partial charge in [-0.2, -0.15) is 0 Å². The van der Waals surface area contributed by atoms with E-state index in [-0.39, 0.29) is 18.8 Å². The summed E-state index contributed by atoms with van der Waals surface area (Å²) in [6.45, 7) is 9.17. The molecule has 4 nitrogen and oxygen atoms in total. The van der Waals surface area contributed by atoms with Crippen molar-refractivity contribution in [3.8, 4) is 11.5 Å². The summed E-state index contributed by atoms with van der Waals surface area (Å²) >= 11 is 0. The minimum absolute atomic E-state index is 0.000966. The van der Waals surface area contributed by atoms with Gasteiger partial charge in [-0.15, -0.1) is 0 Å². The van der Waals surface area contributed by atoms with Crippen molar-refractivity contribution in [1.29, 1.82) is 0 Å². The third-order valence-electron chi connectivity index (χ3n) is 13.6. The molecule has 8 aromatic carbocycles. The summed E-state index contributed by atoms with van der Waals surface area (Å²) in [5, 5.41) is 0. The molecule has 0 spiro atoms. The molecule has 12 rings (SSSR count). The molecule has 0 saturated carbocycles. The standard InChI is InChI=1S/C56H47B2N3O/c1-5-6-20-37-31-49-54-50(32-37)60(40-23-12-8-13-24-40)47-36-48-45(35-44(47)57(54)42-27-16-18-29-46(42)59(49)39-21-10-7-11-22-39)58-43-28-17-19-30-52(43)62-53-34-38(56(2,3)4)33-51(55(53)58)61(48)41-25-14-9-15-26-41/h7-19,21-36H,5-6,20H2,1-4H3. The number of anilines is 9. The summed E-state index contributed by atoms with van der Waals surface area (Å²) in [4.78, 5) is 7.62. The fraction of sp³-hybridized carbons (Fsp3) is 0.143. The molecule has 4 aliphatic heterocycles. The van der Waals surface area contributed by atoms with E-state index in [1.165, 1.54) is 83.7 Å². The van der Waals surface area contributed by atoms with E-state index in [0.29, 0.717) is 0 Å². The van der Waals surface area contributed by atoms with E-state index in [1.807, 2.05) is 0 Å². The van der Waals surface area contributed by atoms with E-state index in [2.05, 4.69) is 218 Å². The molecule has 8 aromatic rings. The summed E-state index contributed by atoms with van der Waals surface area (Å²) < 4.78 is 6.96. The van der Waals surface area contributed by atoms with Gasteiger partial charge in [-0.05, 0) is 141 Å². The Labute approximate surface area is 366 Å². The number of unbranched alkanes of at least 4 members (excludes halogenated alkanes) is 1. The van der Waals surface area contributed by atoms with Gasteiger partial charge in [-0.1, -0.05) is 131 Å². The minimum atomic E-state index is -0.0944. The second kappa shape index (κ2) is 14.1. The maximum atomic E-state index is 6.96. The molecule has 0 fully saturated rings. The van der Waals surface area contributed by atoms with Crippen LogP contribution in [0.5, 0.6) is 11.5 Å². The lowest BCUT2D eigenvalue weighted by Crippen LogP contribution is -2.64.